The summed E-state index contributed by atoms with van der Waals surface area (Å²) in [5.41, 5.74) is -1.21. The molecule has 23 nitrogen and oxygen atoms in total. The van der Waals surface area contributed by atoms with Crippen LogP contribution in [-0.4, -0.2) is 152 Å². The topological polar surface area (TPSA) is 317 Å². The van der Waals surface area contributed by atoms with Crippen LogP contribution in [0.2, 0.25) is 0 Å². The van der Waals surface area contributed by atoms with Gasteiger partial charge >= 0.3 is 39.1 Å². The minimum absolute atomic E-state index is 0.00494. The number of carbonyl (C=O) groups excluding carboxylic acids is 8. The van der Waals surface area contributed by atoms with E-state index in [-0.39, 0.29) is 57.6 Å². The van der Waals surface area contributed by atoms with E-state index in [9.17, 15) is 52.4 Å². The first-order chi connectivity index (χ1) is 26.0. The van der Waals surface area contributed by atoms with E-state index in [1.165, 1.54) is 9.80 Å². The predicted molar refractivity (Wildman–Crippen MR) is 193 cm³/mol. The second kappa shape index (κ2) is 35.7. The predicted octanol–water partition coefficient (Wildman–Crippen LogP) is 1.18. The molecule has 0 spiro atoms. The van der Waals surface area contributed by atoms with Gasteiger partial charge in [-0.2, -0.15) is 0 Å². The maximum atomic E-state index is 11.8. The summed E-state index contributed by atoms with van der Waals surface area (Å²) < 4.78 is 51.3. The lowest BCUT2D eigenvalue weighted by atomic mass is 10.2. The minimum Gasteiger partial charge on any atom is -0.588 e. The van der Waals surface area contributed by atoms with E-state index in [2.05, 4.69) is 29.0 Å². The highest BCUT2D eigenvalue weighted by Gasteiger charge is 2.30. The van der Waals surface area contributed by atoms with Gasteiger partial charge in [0.25, 0.3) is 25.9 Å². The summed E-state index contributed by atoms with van der Waals surface area (Å²) in [5, 5.41) is 3.08. The Labute approximate surface area is 334 Å². The Hall–Kier alpha value is -3.69. The summed E-state index contributed by atoms with van der Waals surface area (Å²) in [4.78, 5) is 112. The third-order valence-corrected chi connectivity index (χ3v) is 6.64. The van der Waals surface area contributed by atoms with E-state index in [1.54, 1.807) is 41.5 Å². The number of hydrogen-bond acceptors (Lipinski definition) is 19. The standard InChI is InChI=1S/C11H19NO6.C11H17NO5.C6H11NO4.CH2Cl2.H2O5P2/c1-11(2,3)18-10(15)12(4-6-16-8-13)5-7-17-9-14;1-11(2,3)17-10(15)12-6-4-8(13)16-9(14)5-7-12;8-5-10-3-1-7-2-4-11-6-9;2-1-3;1-6(2)7(3,4)5/h8-9H,4-7H2,1-3H3;4-7H2,1-3H3;5-7H,1-4H2;1H2;(H2,3,4,5). The number of nitrogens with one attached hydrogen (secondary N) is 1. The number of carbonyl (C=O) groups is 8. The normalized spacial score (nSPS) is 12.6. The van der Waals surface area contributed by atoms with Gasteiger partial charge in [0.1, 0.15) is 37.6 Å². The van der Waals surface area contributed by atoms with E-state index in [0.29, 0.717) is 52.2 Å². The Balaban J connectivity index is -0.000000329. The largest absolute Gasteiger partial charge is 0.588 e. The van der Waals surface area contributed by atoms with Crippen molar-refractivity contribution in [3.8, 4) is 0 Å². The molecule has 56 heavy (non-hydrogen) atoms. The van der Waals surface area contributed by atoms with Crippen molar-refractivity contribution in [2.75, 3.05) is 71.0 Å². The number of hydrogen-bond donors (Lipinski definition) is 3. The molecule has 0 aromatic heterocycles. The molecule has 0 radical (unpaired) electrons. The molecular formula is C29H51Cl2N3O20P2. The molecule has 1 atom stereocenters. The molecule has 2 amide bonds. The summed E-state index contributed by atoms with van der Waals surface area (Å²) in [6, 6.07) is 0. The first-order valence-electron chi connectivity index (χ1n) is 15.9. The Morgan fingerprint density at radius 3 is 1.46 bits per heavy atom. The zero-order valence-corrected chi connectivity index (χ0v) is 35.1. The third-order valence-electron chi connectivity index (χ3n) is 4.94. The fourth-order valence-electron chi connectivity index (χ4n) is 2.83. The van der Waals surface area contributed by atoms with Crippen LogP contribution < -0.4 is 10.2 Å². The number of alkyl halides is 2. The van der Waals surface area contributed by atoms with Crippen LogP contribution in [0.15, 0.2) is 0 Å². The van der Waals surface area contributed by atoms with Crippen LogP contribution in [0.25, 0.3) is 0 Å². The highest BCUT2D eigenvalue weighted by Crippen LogP contribution is 2.56. The summed E-state index contributed by atoms with van der Waals surface area (Å²) >= 11 is 9.53. The van der Waals surface area contributed by atoms with Gasteiger partial charge in [-0.15, -0.1) is 23.2 Å². The molecular weight excluding hydrogens is 843 g/mol. The van der Waals surface area contributed by atoms with E-state index in [0.717, 1.165) is 0 Å². The molecule has 0 aromatic carbocycles. The van der Waals surface area contributed by atoms with Crippen LogP contribution >= 0.6 is 38.2 Å². The van der Waals surface area contributed by atoms with Gasteiger partial charge in [0.05, 0.1) is 31.3 Å². The molecule has 1 unspecified atom stereocenters. The fourth-order valence-corrected chi connectivity index (χ4v) is 2.83. The van der Waals surface area contributed by atoms with Gasteiger partial charge in [-0.05, 0) is 41.5 Å². The van der Waals surface area contributed by atoms with Gasteiger partial charge in [0, 0.05) is 26.2 Å². The van der Waals surface area contributed by atoms with Crippen LogP contribution in [0.5, 0.6) is 0 Å². The average Bonchev–Trinajstić information content (AvgIpc) is 3.05. The number of nitrogens with zero attached hydrogens (tertiary/aromatic N) is 2. The summed E-state index contributed by atoms with van der Waals surface area (Å²) in [6.07, 6.45) is -1.05. The monoisotopic (exact) mass is 893 g/mol. The number of rotatable bonds is 17. The van der Waals surface area contributed by atoms with E-state index in [1.807, 2.05) is 0 Å². The Morgan fingerprint density at radius 2 is 1.16 bits per heavy atom. The van der Waals surface area contributed by atoms with Crippen molar-refractivity contribution < 1.29 is 95.3 Å². The molecule has 3 N–H and O–H groups in total. The highest BCUT2D eigenvalue weighted by atomic mass is 35.5. The summed E-state index contributed by atoms with van der Waals surface area (Å²) in [5.74, 6) is -1.22. The van der Waals surface area contributed by atoms with Gasteiger partial charge in [-0.1, -0.05) is 4.57 Å². The van der Waals surface area contributed by atoms with Crippen molar-refractivity contribution in [1.29, 1.82) is 0 Å². The third kappa shape index (κ3) is 44.7. The summed E-state index contributed by atoms with van der Waals surface area (Å²) in [7, 11) is -8.36. The molecule has 1 rings (SSSR count). The molecule has 0 aliphatic carbocycles. The zero-order valence-electron chi connectivity index (χ0n) is 31.8. The molecule has 326 valence electrons. The van der Waals surface area contributed by atoms with E-state index in [4.69, 9.17) is 42.5 Å². The van der Waals surface area contributed by atoms with Gasteiger partial charge in [-0.25, -0.2) is 14.2 Å². The molecule has 0 aromatic rings. The lowest BCUT2D eigenvalue weighted by Gasteiger charge is -2.27. The first-order valence-corrected chi connectivity index (χ1v) is 20.5. The van der Waals surface area contributed by atoms with Gasteiger partial charge in [0.15, 0.2) is 0 Å². The Morgan fingerprint density at radius 1 is 0.821 bits per heavy atom. The maximum absolute atomic E-state index is 11.8. The van der Waals surface area contributed by atoms with Crippen LogP contribution in [0.3, 0.4) is 0 Å². The Kier molecular flexibility index (Phi) is 37.6. The molecule has 1 fully saturated rings. The maximum Gasteiger partial charge on any atom is 0.561 e. The number of cyclic esters (lactones) is 2. The second-order valence-corrected chi connectivity index (χ2v) is 16.6. The Bertz CT molecular complexity index is 1170. The molecule has 1 aliphatic heterocycles. The number of esters is 2. The molecule has 1 aliphatic rings. The minimum atomic E-state index is -4.78. The molecule has 1 heterocycles. The smallest absolute Gasteiger partial charge is 0.561 e. The zero-order chi connectivity index (χ0) is 44.2. The quantitative estimate of drug-likeness (QED) is 0.0351. The van der Waals surface area contributed by atoms with Gasteiger partial charge < -0.3 is 53.2 Å². The van der Waals surface area contributed by atoms with Crippen molar-refractivity contribution in [3.05, 3.63) is 0 Å². The molecule has 1 saturated heterocycles. The van der Waals surface area contributed by atoms with Gasteiger partial charge in [-0.3, -0.25) is 38.6 Å². The van der Waals surface area contributed by atoms with E-state index >= 15 is 0 Å². The van der Waals surface area contributed by atoms with Crippen molar-refractivity contribution in [2.24, 2.45) is 0 Å². The lowest BCUT2D eigenvalue weighted by Crippen LogP contribution is -2.40. The van der Waals surface area contributed by atoms with Crippen LogP contribution in [0.4, 0.5) is 9.59 Å². The van der Waals surface area contributed by atoms with Crippen LogP contribution in [0.1, 0.15) is 54.4 Å². The number of halogens is 2. The van der Waals surface area contributed by atoms with Crippen molar-refractivity contribution in [2.45, 2.75) is 65.6 Å². The van der Waals surface area contributed by atoms with Crippen LogP contribution in [-0.2, 0) is 71.1 Å². The fraction of sp³-hybridized carbons (Fsp3) is 0.724. The van der Waals surface area contributed by atoms with Gasteiger partial charge in [0.2, 0.25) is 0 Å². The second-order valence-electron chi connectivity index (χ2n) is 11.8. The number of amides is 2. The van der Waals surface area contributed by atoms with Crippen molar-refractivity contribution >= 4 is 88.2 Å². The lowest BCUT2D eigenvalue weighted by molar-refractivity contribution is -0.161. The summed E-state index contributed by atoms with van der Waals surface area (Å²) in [6.45, 7) is 14.6. The van der Waals surface area contributed by atoms with Crippen molar-refractivity contribution in [3.63, 3.8) is 0 Å². The molecule has 27 heteroatoms. The average molecular weight is 895 g/mol. The molecule has 0 bridgehead atoms. The van der Waals surface area contributed by atoms with Crippen molar-refractivity contribution in [1.82, 2.24) is 15.1 Å². The number of ether oxygens (including phenoxy) is 7. The SMILES string of the molecule is CC(C)(C)OC(=O)N(CCOC=O)CCOC=O.CC(C)(C)OC(=O)N1CCC(=O)OC(=O)CC1.ClCCl.O=COCCNCCOC=O.O=[P+]([O-])P(=O)(O)O. The van der Waals surface area contributed by atoms with E-state index < -0.39 is 50.3 Å². The first kappa shape index (κ1) is 59.0. The van der Waals surface area contributed by atoms with Crippen LogP contribution in [0, 0.1) is 0 Å². The highest BCUT2D eigenvalue weighted by molar-refractivity contribution is 8.19. The molecule has 0 saturated carbocycles.